The first kappa shape index (κ1) is 15.3. The van der Waals surface area contributed by atoms with Gasteiger partial charge in [0.15, 0.2) is 6.61 Å². The lowest BCUT2D eigenvalue weighted by atomic mass is 10.3. The molecule has 0 bridgehead atoms. The molecule has 0 aliphatic heterocycles. The molecular weight excluding hydrogens is 369 g/mol. The van der Waals surface area contributed by atoms with Crippen LogP contribution in [0.2, 0.25) is 0 Å². The van der Waals surface area contributed by atoms with E-state index in [0.717, 1.165) is 0 Å². The Morgan fingerprint density at radius 2 is 1.96 bits per heavy atom. The molecule has 2 aromatic carbocycles. The van der Waals surface area contributed by atoms with Gasteiger partial charge in [0.1, 0.15) is 11.6 Å². The van der Waals surface area contributed by atoms with E-state index in [2.05, 4.69) is 31.2 Å². The Hall–Kier alpha value is -2.61. The van der Waals surface area contributed by atoms with Gasteiger partial charge in [-0.3, -0.25) is 4.79 Å². The quantitative estimate of drug-likeness (QED) is 0.651. The second kappa shape index (κ2) is 6.25. The molecule has 0 spiro atoms. The molecule has 6 nitrogen and oxygen atoms in total. The number of benzene rings is 2. The number of hydrogen-bond donors (Lipinski definition) is 3. The van der Waals surface area contributed by atoms with Crippen LogP contribution in [0.5, 0.6) is 5.75 Å². The third-order valence-electron chi connectivity index (χ3n) is 3.05. The Bertz CT molecular complexity index is 935. The maximum Gasteiger partial charge on any atom is 0.323 e. The molecule has 0 saturated heterocycles. The summed E-state index contributed by atoms with van der Waals surface area (Å²) in [6.45, 7) is -0.230. The Kier molecular flexibility index (Phi) is 4.16. The minimum atomic E-state index is -0.400. The molecule has 1 aromatic heterocycles. The van der Waals surface area contributed by atoms with Crippen molar-refractivity contribution in [3.05, 3.63) is 57.2 Å². The smallest absolute Gasteiger partial charge is 0.323 e. The van der Waals surface area contributed by atoms with E-state index < -0.39 is 5.82 Å². The Balaban J connectivity index is 1.64. The standard InChI is InChI=1S/C15H11BrFN3O3/c16-10-5-8(17)1-4-13(10)23-7-14(21)18-9-2-3-11-12(6-9)20-15(22)19-11/h1-6H,7H2,(H,18,21)(H2,19,20,22). The van der Waals surface area contributed by atoms with Gasteiger partial charge in [0.2, 0.25) is 0 Å². The van der Waals surface area contributed by atoms with Crippen LogP contribution in [-0.2, 0) is 4.79 Å². The summed E-state index contributed by atoms with van der Waals surface area (Å²) < 4.78 is 18.7. The van der Waals surface area contributed by atoms with Crippen molar-refractivity contribution >= 4 is 38.6 Å². The second-order valence-corrected chi connectivity index (χ2v) is 5.61. The molecule has 0 aliphatic carbocycles. The highest BCUT2D eigenvalue weighted by molar-refractivity contribution is 9.10. The molecule has 0 unspecified atom stereocenters. The van der Waals surface area contributed by atoms with Crippen molar-refractivity contribution in [1.29, 1.82) is 0 Å². The Morgan fingerprint density at radius 1 is 1.17 bits per heavy atom. The summed E-state index contributed by atoms with van der Waals surface area (Å²) in [6.07, 6.45) is 0. The number of halogens is 2. The van der Waals surface area contributed by atoms with Crippen LogP contribution in [0.1, 0.15) is 0 Å². The predicted octanol–water partition coefficient (Wildman–Crippen LogP) is 2.78. The zero-order chi connectivity index (χ0) is 16.4. The van der Waals surface area contributed by atoms with Crippen molar-refractivity contribution in [3.8, 4) is 5.75 Å². The summed E-state index contributed by atoms with van der Waals surface area (Å²) in [5, 5.41) is 2.66. The molecule has 0 atom stereocenters. The molecule has 3 rings (SSSR count). The number of amides is 1. The third kappa shape index (κ3) is 3.59. The molecule has 3 aromatic rings. The van der Waals surface area contributed by atoms with Gasteiger partial charge in [-0.2, -0.15) is 0 Å². The number of carbonyl (C=O) groups excluding carboxylic acids is 1. The van der Waals surface area contributed by atoms with Crippen LogP contribution in [0.3, 0.4) is 0 Å². The number of carbonyl (C=O) groups is 1. The fraction of sp³-hybridized carbons (Fsp3) is 0.0667. The molecular formula is C15H11BrFN3O3. The SMILES string of the molecule is O=C(COc1ccc(F)cc1Br)Nc1ccc2[nH]c(=O)[nH]c2c1. The number of H-pyrrole nitrogens is 2. The average Bonchev–Trinajstić information content (AvgIpc) is 2.85. The normalized spacial score (nSPS) is 10.7. The highest BCUT2D eigenvalue weighted by Gasteiger charge is 2.08. The van der Waals surface area contributed by atoms with Gasteiger partial charge in [0, 0.05) is 5.69 Å². The topological polar surface area (TPSA) is 87.0 Å². The Labute approximate surface area is 137 Å². The summed E-state index contributed by atoms with van der Waals surface area (Å²) in [6, 6.07) is 8.91. The first-order chi connectivity index (χ1) is 11.0. The predicted molar refractivity (Wildman–Crippen MR) is 87.1 cm³/mol. The van der Waals surface area contributed by atoms with Gasteiger partial charge in [-0.05, 0) is 52.3 Å². The number of aromatic amines is 2. The van der Waals surface area contributed by atoms with Gasteiger partial charge < -0.3 is 20.0 Å². The summed E-state index contributed by atoms with van der Waals surface area (Å²) >= 11 is 3.16. The number of fused-ring (bicyclic) bond motifs is 1. The van der Waals surface area contributed by atoms with E-state index in [1.807, 2.05) is 0 Å². The summed E-state index contributed by atoms with van der Waals surface area (Å²) in [7, 11) is 0. The van der Waals surface area contributed by atoms with Gasteiger partial charge in [0.05, 0.1) is 15.5 Å². The van der Waals surface area contributed by atoms with E-state index in [9.17, 15) is 14.0 Å². The van der Waals surface area contributed by atoms with E-state index in [0.29, 0.717) is 26.9 Å². The molecule has 0 radical (unpaired) electrons. The summed E-state index contributed by atoms with van der Waals surface area (Å²) in [5.74, 6) is -0.409. The molecule has 23 heavy (non-hydrogen) atoms. The maximum atomic E-state index is 13.0. The van der Waals surface area contributed by atoms with Crippen LogP contribution in [0.25, 0.3) is 11.0 Å². The number of hydrogen-bond acceptors (Lipinski definition) is 3. The first-order valence-corrected chi connectivity index (χ1v) is 7.40. The lowest BCUT2D eigenvalue weighted by Crippen LogP contribution is -2.20. The molecule has 3 N–H and O–H groups in total. The summed E-state index contributed by atoms with van der Waals surface area (Å²) in [4.78, 5) is 28.3. The lowest BCUT2D eigenvalue weighted by molar-refractivity contribution is -0.118. The largest absolute Gasteiger partial charge is 0.483 e. The number of imidazole rings is 1. The van der Waals surface area contributed by atoms with Crippen LogP contribution in [0.4, 0.5) is 10.1 Å². The molecule has 118 valence electrons. The minimum absolute atomic E-state index is 0.230. The van der Waals surface area contributed by atoms with E-state index in [1.165, 1.54) is 18.2 Å². The zero-order valence-corrected chi connectivity index (χ0v) is 13.2. The number of anilines is 1. The van der Waals surface area contributed by atoms with Crippen molar-refractivity contribution in [2.75, 3.05) is 11.9 Å². The van der Waals surface area contributed by atoms with Gasteiger partial charge in [-0.15, -0.1) is 0 Å². The molecule has 0 fully saturated rings. The van der Waals surface area contributed by atoms with Crippen molar-refractivity contribution in [1.82, 2.24) is 9.97 Å². The molecule has 0 aliphatic rings. The highest BCUT2D eigenvalue weighted by Crippen LogP contribution is 2.25. The van der Waals surface area contributed by atoms with Crippen LogP contribution in [0, 0.1) is 5.82 Å². The lowest BCUT2D eigenvalue weighted by Gasteiger charge is -2.09. The fourth-order valence-corrected chi connectivity index (χ4v) is 2.51. The number of aromatic nitrogens is 2. The van der Waals surface area contributed by atoms with E-state index >= 15 is 0 Å². The molecule has 1 heterocycles. The maximum absolute atomic E-state index is 13.0. The highest BCUT2D eigenvalue weighted by atomic mass is 79.9. The molecule has 0 saturated carbocycles. The van der Waals surface area contributed by atoms with E-state index in [1.54, 1.807) is 18.2 Å². The molecule has 1 amide bonds. The summed E-state index contributed by atoms with van der Waals surface area (Å²) in [5.41, 5.74) is 1.46. The van der Waals surface area contributed by atoms with Crippen LogP contribution in [0.15, 0.2) is 45.7 Å². The number of nitrogens with one attached hydrogen (secondary N) is 3. The monoisotopic (exact) mass is 379 g/mol. The van der Waals surface area contributed by atoms with Crippen LogP contribution < -0.4 is 15.7 Å². The fourth-order valence-electron chi connectivity index (χ4n) is 2.04. The molecule has 8 heteroatoms. The van der Waals surface area contributed by atoms with Crippen molar-refractivity contribution < 1.29 is 13.9 Å². The van der Waals surface area contributed by atoms with Crippen LogP contribution >= 0.6 is 15.9 Å². The number of rotatable bonds is 4. The average molecular weight is 380 g/mol. The Morgan fingerprint density at radius 3 is 2.74 bits per heavy atom. The van der Waals surface area contributed by atoms with Crippen molar-refractivity contribution in [3.63, 3.8) is 0 Å². The minimum Gasteiger partial charge on any atom is -0.483 e. The van der Waals surface area contributed by atoms with Gasteiger partial charge in [-0.1, -0.05) is 0 Å². The van der Waals surface area contributed by atoms with Crippen molar-refractivity contribution in [2.24, 2.45) is 0 Å². The van der Waals surface area contributed by atoms with Gasteiger partial charge >= 0.3 is 5.69 Å². The number of ether oxygens (including phenoxy) is 1. The van der Waals surface area contributed by atoms with Gasteiger partial charge in [-0.25, -0.2) is 9.18 Å². The second-order valence-electron chi connectivity index (χ2n) is 4.75. The van der Waals surface area contributed by atoms with E-state index in [4.69, 9.17) is 4.74 Å². The van der Waals surface area contributed by atoms with Crippen LogP contribution in [-0.4, -0.2) is 22.5 Å². The third-order valence-corrected chi connectivity index (χ3v) is 3.67. The first-order valence-electron chi connectivity index (χ1n) is 6.61. The van der Waals surface area contributed by atoms with Crippen molar-refractivity contribution in [2.45, 2.75) is 0 Å². The van der Waals surface area contributed by atoms with E-state index in [-0.39, 0.29) is 18.2 Å². The zero-order valence-electron chi connectivity index (χ0n) is 11.7. The van der Waals surface area contributed by atoms with Gasteiger partial charge in [0.25, 0.3) is 5.91 Å².